The van der Waals surface area contributed by atoms with E-state index in [1.54, 1.807) is 24.3 Å². The average molecular weight is 309 g/mol. The van der Waals surface area contributed by atoms with Gasteiger partial charge < -0.3 is 10.3 Å². The zero-order valence-corrected chi connectivity index (χ0v) is 11.5. The van der Waals surface area contributed by atoms with Crippen LogP contribution < -0.4 is 0 Å². The van der Waals surface area contributed by atoms with E-state index < -0.39 is 18.2 Å². The first kappa shape index (κ1) is 16.0. The fourth-order valence-corrected chi connectivity index (χ4v) is 2.15. The Morgan fingerprint density at radius 1 is 0.909 bits per heavy atom. The van der Waals surface area contributed by atoms with Gasteiger partial charge in [-0.25, -0.2) is 0 Å². The van der Waals surface area contributed by atoms with Gasteiger partial charge in [0, 0.05) is 6.42 Å². The quantitative estimate of drug-likeness (QED) is 0.514. The van der Waals surface area contributed by atoms with Crippen LogP contribution in [0.2, 0.25) is 0 Å². The molecule has 3 nitrogen and oxygen atoms in total. The minimum Gasteiger partial charge on any atom is -0.411 e. The lowest BCUT2D eigenvalue weighted by Crippen LogP contribution is -2.44. The molecular formula is C16H14F3NO2. The first-order valence-corrected chi connectivity index (χ1v) is 6.49. The largest absolute Gasteiger partial charge is 0.421 e. The highest BCUT2D eigenvalue weighted by atomic mass is 19.4. The second-order valence-electron chi connectivity index (χ2n) is 4.81. The van der Waals surface area contributed by atoms with Crippen LogP contribution in [0, 0.1) is 0 Å². The van der Waals surface area contributed by atoms with Gasteiger partial charge in [-0.15, -0.1) is 0 Å². The third-order valence-corrected chi connectivity index (χ3v) is 3.37. The number of oxime groups is 1. The molecule has 0 amide bonds. The Morgan fingerprint density at radius 2 is 1.41 bits per heavy atom. The Morgan fingerprint density at radius 3 is 1.86 bits per heavy atom. The summed E-state index contributed by atoms with van der Waals surface area (Å²) in [5, 5.41) is 22.3. The monoisotopic (exact) mass is 309 g/mol. The van der Waals surface area contributed by atoms with Gasteiger partial charge in [-0.2, -0.15) is 13.2 Å². The van der Waals surface area contributed by atoms with Crippen molar-refractivity contribution in [3.8, 4) is 0 Å². The van der Waals surface area contributed by atoms with Gasteiger partial charge in [-0.1, -0.05) is 65.8 Å². The number of hydrogen-bond donors (Lipinski definition) is 2. The van der Waals surface area contributed by atoms with Crippen molar-refractivity contribution in [2.75, 3.05) is 0 Å². The number of hydrogen-bond acceptors (Lipinski definition) is 3. The molecule has 22 heavy (non-hydrogen) atoms. The molecule has 6 heteroatoms. The van der Waals surface area contributed by atoms with E-state index in [0.717, 1.165) is 0 Å². The minimum atomic E-state index is -4.92. The average Bonchev–Trinajstić information content (AvgIpc) is 2.53. The summed E-state index contributed by atoms with van der Waals surface area (Å²) in [5.74, 6) is 0. The van der Waals surface area contributed by atoms with Crippen molar-refractivity contribution in [3.05, 3.63) is 71.8 Å². The van der Waals surface area contributed by atoms with Crippen LogP contribution in [0.4, 0.5) is 13.2 Å². The van der Waals surface area contributed by atoms with Crippen molar-refractivity contribution >= 4 is 5.71 Å². The Labute approximate surface area is 125 Å². The Balaban J connectivity index is 2.44. The lowest BCUT2D eigenvalue weighted by atomic mass is 9.86. The second kappa shape index (κ2) is 6.19. The Bertz CT molecular complexity index is 641. The number of benzene rings is 2. The van der Waals surface area contributed by atoms with E-state index >= 15 is 0 Å². The molecule has 0 aliphatic carbocycles. The van der Waals surface area contributed by atoms with E-state index in [0.29, 0.717) is 5.56 Å². The van der Waals surface area contributed by atoms with E-state index in [1.807, 2.05) is 0 Å². The van der Waals surface area contributed by atoms with Crippen molar-refractivity contribution in [1.29, 1.82) is 0 Å². The summed E-state index contributed by atoms with van der Waals surface area (Å²) in [5.41, 5.74) is -3.38. The Kier molecular flexibility index (Phi) is 4.51. The van der Waals surface area contributed by atoms with E-state index in [9.17, 15) is 18.3 Å². The topological polar surface area (TPSA) is 52.8 Å². The minimum absolute atomic E-state index is 0.246. The van der Waals surface area contributed by atoms with Crippen LogP contribution in [0.25, 0.3) is 0 Å². The number of alkyl halides is 3. The summed E-state index contributed by atoms with van der Waals surface area (Å²) in [6, 6.07) is 14.7. The number of rotatable bonds is 4. The van der Waals surface area contributed by atoms with Gasteiger partial charge in [0.25, 0.3) is 0 Å². The third kappa shape index (κ3) is 3.12. The molecule has 2 N–H and O–H groups in total. The third-order valence-electron chi connectivity index (χ3n) is 3.37. The van der Waals surface area contributed by atoms with Gasteiger partial charge in [0.15, 0.2) is 5.60 Å². The fourth-order valence-electron chi connectivity index (χ4n) is 2.15. The molecule has 0 heterocycles. The van der Waals surface area contributed by atoms with Gasteiger partial charge >= 0.3 is 6.18 Å². The summed E-state index contributed by atoms with van der Waals surface area (Å²) >= 11 is 0. The Hall–Kier alpha value is -2.34. The van der Waals surface area contributed by atoms with E-state index in [2.05, 4.69) is 5.16 Å². The molecular weight excluding hydrogens is 295 g/mol. The molecule has 0 fully saturated rings. The van der Waals surface area contributed by atoms with Crippen LogP contribution in [-0.4, -0.2) is 22.2 Å². The normalized spacial score (nSPS) is 15.4. The summed E-state index contributed by atoms with van der Waals surface area (Å²) in [6.45, 7) is 0. The lowest BCUT2D eigenvalue weighted by molar-refractivity contribution is -0.263. The lowest BCUT2D eigenvalue weighted by Gasteiger charge is -2.31. The van der Waals surface area contributed by atoms with Crippen LogP contribution in [-0.2, 0) is 5.60 Å². The number of aliphatic hydroxyl groups is 1. The predicted octanol–water partition coefficient (Wildman–Crippen LogP) is 3.71. The van der Waals surface area contributed by atoms with Gasteiger partial charge in [-0.05, 0) is 11.1 Å². The number of halogens is 3. The fraction of sp³-hybridized carbons (Fsp3) is 0.188. The maximum atomic E-state index is 13.4. The van der Waals surface area contributed by atoms with Crippen LogP contribution in [0.15, 0.2) is 65.8 Å². The molecule has 0 spiro atoms. The van der Waals surface area contributed by atoms with Gasteiger partial charge in [0.2, 0.25) is 0 Å². The molecule has 2 aromatic rings. The SMILES string of the molecule is O/N=C(\C[C@@](O)(c1ccccc1)C(F)(F)F)c1ccccc1. The standard InChI is InChI=1S/C16H14F3NO2/c17-16(18,19)15(21,13-9-5-2-6-10-13)11-14(20-22)12-7-3-1-4-8-12/h1-10,21-22H,11H2/b20-14+/t15-/m1/s1. The highest BCUT2D eigenvalue weighted by Crippen LogP contribution is 2.42. The summed E-state index contributed by atoms with van der Waals surface area (Å²) in [4.78, 5) is 0. The van der Waals surface area contributed by atoms with Crippen molar-refractivity contribution in [1.82, 2.24) is 0 Å². The van der Waals surface area contributed by atoms with Crippen LogP contribution in [0.3, 0.4) is 0 Å². The molecule has 116 valence electrons. The maximum absolute atomic E-state index is 13.4. The first-order valence-electron chi connectivity index (χ1n) is 6.49. The molecule has 0 aliphatic rings. The molecule has 0 unspecified atom stereocenters. The maximum Gasteiger partial charge on any atom is 0.421 e. The van der Waals surface area contributed by atoms with E-state index in [-0.39, 0.29) is 11.3 Å². The smallest absolute Gasteiger partial charge is 0.411 e. The van der Waals surface area contributed by atoms with Crippen molar-refractivity contribution in [2.45, 2.75) is 18.2 Å². The molecule has 0 saturated carbocycles. The van der Waals surface area contributed by atoms with Crippen LogP contribution in [0.1, 0.15) is 17.5 Å². The van der Waals surface area contributed by atoms with Gasteiger partial charge in [0.05, 0.1) is 5.71 Å². The highest BCUT2D eigenvalue weighted by molar-refractivity contribution is 6.00. The molecule has 1 atom stereocenters. The summed E-state index contributed by atoms with van der Waals surface area (Å²) < 4.78 is 40.2. The molecule has 2 rings (SSSR count). The van der Waals surface area contributed by atoms with Crippen LogP contribution >= 0.6 is 0 Å². The van der Waals surface area contributed by atoms with Crippen molar-refractivity contribution < 1.29 is 23.5 Å². The number of nitrogens with zero attached hydrogens (tertiary/aromatic N) is 1. The second-order valence-corrected chi connectivity index (χ2v) is 4.81. The highest BCUT2D eigenvalue weighted by Gasteiger charge is 2.55. The molecule has 0 radical (unpaired) electrons. The molecule has 0 aromatic heterocycles. The summed E-state index contributed by atoms with van der Waals surface area (Å²) in [6.07, 6.45) is -5.81. The zero-order chi connectivity index (χ0) is 16.2. The molecule has 2 aromatic carbocycles. The zero-order valence-electron chi connectivity index (χ0n) is 11.5. The predicted molar refractivity (Wildman–Crippen MR) is 75.8 cm³/mol. The molecule has 0 aliphatic heterocycles. The van der Waals surface area contributed by atoms with E-state index in [4.69, 9.17) is 5.21 Å². The van der Waals surface area contributed by atoms with Gasteiger partial charge in [0.1, 0.15) is 0 Å². The molecule has 0 saturated heterocycles. The van der Waals surface area contributed by atoms with Crippen molar-refractivity contribution in [2.24, 2.45) is 5.16 Å². The van der Waals surface area contributed by atoms with E-state index in [1.165, 1.54) is 36.4 Å². The van der Waals surface area contributed by atoms with Crippen LogP contribution in [0.5, 0.6) is 0 Å². The molecule has 0 bridgehead atoms. The van der Waals surface area contributed by atoms with Crippen molar-refractivity contribution in [3.63, 3.8) is 0 Å². The summed E-state index contributed by atoms with van der Waals surface area (Å²) in [7, 11) is 0. The van der Waals surface area contributed by atoms with Gasteiger partial charge in [-0.3, -0.25) is 0 Å². The first-order chi connectivity index (χ1) is 10.4.